The number of carboxylic acid groups (broad SMARTS) is 1. The maximum Gasteiger partial charge on any atom is 0.326 e. The molecule has 15 nitrogen and oxygen atoms in total. The molecule has 0 saturated carbocycles. The van der Waals surface area contributed by atoms with Crippen molar-refractivity contribution in [3.05, 3.63) is 18.2 Å². The fourth-order valence-corrected chi connectivity index (χ4v) is 2.49. The second-order valence-corrected chi connectivity index (χ2v) is 6.92. The number of amides is 5. The number of primary amides is 2. The number of carbonyl (C=O) groups is 6. The molecule has 0 aliphatic rings. The molecule has 0 saturated heterocycles. The monoisotopic (exact) mass is 454 g/mol. The topological polar surface area (TPSA) is 265 Å². The van der Waals surface area contributed by atoms with E-state index in [1.807, 2.05) is 0 Å². The van der Waals surface area contributed by atoms with Crippen LogP contribution >= 0.6 is 0 Å². The lowest BCUT2D eigenvalue weighted by molar-refractivity contribution is -0.143. The Balaban J connectivity index is 2.86. The van der Waals surface area contributed by atoms with Crippen LogP contribution in [0, 0.1) is 0 Å². The van der Waals surface area contributed by atoms with Gasteiger partial charge in [-0.2, -0.15) is 0 Å². The number of imidazole rings is 1. The molecule has 0 aromatic carbocycles. The largest absolute Gasteiger partial charge is 0.480 e. The lowest BCUT2D eigenvalue weighted by Gasteiger charge is -2.23. The molecule has 11 N–H and O–H groups in total. The molecular formula is C17H26N8O7. The van der Waals surface area contributed by atoms with Crippen LogP contribution in [0.15, 0.2) is 12.5 Å². The minimum absolute atomic E-state index is 0.0609. The van der Waals surface area contributed by atoms with E-state index in [9.17, 15) is 28.8 Å². The third-order valence-electron chi connectivity index (χ3n) is 4.14. The molecule has 4 unspecified atom stereocenters. The van der Waals surface area contributed by atoms with E-state index < -0.39 is 72.5 Å². The number of nitrogens with two attached hydrogens (primary N) is 3. The van der Waals surface area contributed by atoms with Crippen LogP contribution in [-0.2, 0) is 35.2 Å². The summed E-state index contributed by atoms with van der Waals surface area (Å²) in [7, 11) is 0. The summed E-state index contributed by atoms with van der Waals surface area (Å²) in [4.78, 5) is 76.8. The zero-order valence-electron chi connectivity index (χ0n) is 17.2. The Morgan fingerprint density at radius 2 is 1.56 bits per heavy atom. The molecule has 5 amide bonds. The Morgan fingerprint density at radius 1 is 0.969 bits per heavy atom. The summed E-state index contributed by atoms with van der Waals surface area (Å²) in [5, 5.41) is 15.9. The Morgan fingerprint density at radius 3 is 2.06 bits per heavy atom. The molecular weight excluding hydrogens is 428 g/mol. The molecule has 1 aromatic rings. The summed E-state index contributed by atoms with van der Waals surface area (Å²) < 4.78 is 0. The molecule has 176 valence electrons. The average Bonchev–Trinajstić information content (AvgIpc) is 3.18. The van der Waals surface area contributed by atoms with E-state index in [2.05, 4.69) is 25.9 Å². The molecule has 0 spiro atoms. The van der Waals surface area contributed by atoms with Crippen LogP contribution in [0.25, 0.3) is 0 Å². The number of H-pyrrole nitrogens is 1. The van der Waals surface area contributed by atoms with Gasteiger partial charge >= 0.3 is 5.97 Å². The molecule has 15 heteroatoms. The van der Waals surface area contributed by atoms with Gasteiger partial charge in [-0.3, -0.25) is 24.0 Å². The first-order valence-electron chi connectivity index (χ1n) is 9.34. The number of carboxylic acids is 1. The van der Waals surface area contributed by atoms with E-state index in [1.54, 1.807) is 0 Å². The SMILES string of the molecule is CC(NC(=O)C(Cc1cnc[nH]1)NC(=O)C(N)CC(N)=O)C(=O)NC(CC(N)=O)C(=O)O. The highest BCUT2D eigenvalue weighted by molar-refractivity contribution is 5.95. The Kier molecular flexibility index (Phi) is 9.75. The van der Waals surface area contributed by atoms with Crippen molar-refractivity contribution in [1.82, 2.24) is 25.9 Å². The lowest BCUT2D eigenvalue weighted by atomic mass is 10.1. The van der Waals surface area contributed by atoms with Gasteiger partial charge in [0.1, 0.15) is 18.1 Å². The number of carbonyl (C=O) groups excluding carboxylic acids is 5. The van der Waals surface area contributed by atoms with Crippen LogP contribution in [0.4, 0.5) is 0 Å². The summed E-state index contributed by atoms with van der Waals surface area (Å²) in [6.07, 6.45) is 1.62. The Hall–Kier alpha value is -4.01. The first kappa shape index (κ1) is 26.0. The van der Waals surface area contributed by atoms with Crippen LogP contribution in [0.3, 0.4) is 0 Å². The Labute approximate surface area is 181 Å². The molecule has 0 aliphatic carbocycles. The van der Waals surface area contributed by atoms with Crippen molar-refractivity contribution >= 4 is 35.5 Å². The van der Waals surface area contributed by atoms with Gasteiger partial charge in [-0.05, 0) is 6.92 Å². The van der Waals surface area contributed by atoms with Gasteiger partial charge in [0.15, 0.2) is 0 Å². The molecule has 32 heavy (non-hydrogen) atoms. The third-order valence-corrected chi connectivity index (χ3v) is 4.14. The minimum Gasteiger partial charge on any atom is -0.480 e. The molecule has 0 bridgehead atoms. The van der Waals surface area contributed by atoms with Crippen molar-refractivity contribution < 1.29 is 33.9 Å². The van der Waals surface area contributed by atoms with Crippen molar-refractivity contribution in [3.63, 3.8) is 0 Å². The van der Waals surface area contributed by atoms with Crippen molar-refractivity contribution in [2.24, 2.45) is 17.2 Å². The summed E-state index contributed by atoms with van der Waals surface area (Å²) in [5.74, 6) is -5.76. The molecule has 4 atom stereocenters. The zero-order valence-corrected chi connectivity index (χ0v) is 17.2. The molecule has 1 rings (SSSR count). The zero-order chi connectivity index (χ0) is 24.4. The van der Waals surface area contributed by atoms with Crippen LogP contribution in [0.5, 0.6) is 0 Å². The maximum absolute atomic E-state index is 12.7. The summed E-state index contributed by atoms with van der Waals surface area (Å²) >= 11 is 0. The number of nitrogens with one attached hydrogen (secondary N) is 4. The van der Waals surface area contributed by atoms with Crippen LogP contribution in [0.2, 0.25) is 0 Å². The number of aromatic nitrogens is 2. The lowest BCUT2D eigenvalue weighted by Crippen LogP contribution is -2.57. The number of aliphatic carboxylic acids is 1. The van der Waals surface area contributed by atoms with Gasteiger partial charge in [0.25, 0.3) is 0 Å². The second kappa shape index (κ2) is 12.0. The van der Waals surface area contributed by atoms with Gasteiger partial charge in [0.05, 0.1) is 25.2 Å². The van der Waals surface area contributed by atoms with Gasteiger partial charge in [-0.25, -0.2) is 9.78 Å². The molecule has 0 radical (unpaired) electrons. The molecule has 0 aliphatic heterocycles. The summed E-state index contributed by atoms with van der Waals surface area (Å²) in [6.45, 7) is 1.27. The minimum atomic E-state index is -1.58. The second-order valence-electron chi connectivity index (χ2n) is 6.92. The van der Waals surface area contributed by atoms with E-state index in [0.29, 0.717) is 5.69 Å². The number of hydrogen-bond acceptors (Lipinski definition) is 8. The smallest absolute Gasteiger partial charge is 0.326 e. The standard InChI is InChI=1S/C17H26N8O7/c1-7(14(28)25-11(17(31)32)4-13(20)27)23-16(30)10(2-8-5-21-6-22-8)24-15(29)9(18)3-12(19)26/h5-7,9-11H,2-4,18H2,1H3,(H2,19,26)(H2,20,27)(H,21,22)(H,23,30)(H,24,29)(H,25,28)(H,31,32). The van der Waals surface area contributed by atoms with Crippen LogP contribution in [0.1, 0.15) is 25.5 Å². The van der Waals surface area contributed by atoms with Crippen molar-refractivity contribution in [1.29, 1.82) is 0 Å². The quantitative estimate of drug-likeness (QED) is 0.143. The fourth-order valence-electron chi connectivity index (χ4n) is 2.49. The first-order chi connectivity index (χ1) is 14.9. The van der Waals surface area contributed by atoms with E-state index in [0.717, 1.165) is 0 Å². The Bertz CT molecular complexity index is 857. The van der Waals surface area contributed by atoms with E-state index >= 15 is 0 Å². The maximum atomic E-state index is 12.7. The van der Waals surface area contributed by atoms with Crippen LogP contribution < -0.4 is 33.2 Å². The van der Waals surface area contributed by atoms with Gasteiger partial charge in [-0.15, -0.1) is 0 Å². The van der Waals surface area contributed by atoms with E-state index in [-0.39, 0.29) is 6.42 Å². The highest BCUT2D eigenvalue weighted by Crippen LogP contribution is 2.02. The summed E-state index contributed by atoms with van der Waals surface area (Å²) in [5.41, 5.74) is 16.0. The van der Waals surface area contributed by atoms with Crippen LogP contribution in [-0.4, -0.2) is 74.7 Å². The van der Waals surface area contributed by atoms with Crippen molar-refractivity contribution in [2.45, 2.75) is 50.4 Å². The molecule has 0 fully saturated rings. The normalized spacial score (nSPS) is 14.3. The van der Waals surface area contributed by atoms with Gasteiger partial charge in [-0.1, -0.05) is 0 Å². The predicted molar refractivity (Wildman–Crippen MR) is 107 cm³/mol. The van der Waals surface area contributed by atoms with Crippen molar-refractivity contribution in [3.8, 4) is 0 Å². The number of hydrogen-bond donors (Lipinski definition) is 8. The highest BCUT2D eigenvalue weighted by atomic mass is 16.4. The predicted octanol–water partition coefficient (Wildman–Crippen LogP) is -4.41. The van der Waals surface area contributed by atoms with Gasteiger partial charge in [0, 0.05) is 18.3 Å². The summed E-state index contributed by atoms with van der Waals surface area (Å²) in [6, 6.07) is -5.34. The average molecular weight is 454 g/mol. The number of rotatable bonds is 13. The fraction of sp³-hybridized carbons (Fsp3) is 0.471. The third kappa shape index (κ3) is 8.78. The number of nitrogens with zero attached hydrogens (tertiary/aromatic N) is 1. The van der Waals surface area contributed by atoms with E-state index in [1.165, 1.54) is 19.4 Å². The van der Waals surface area contributed by atoms with Crippen molar-refractivity contribution in [2.75, 3.05) is 0 Å². The molecule has 1 heterocycles. The van der Waals surface area contributed by atoms with E-state index in [4.69, 9.17) is 22.3 Å². The first-order valence-corrected chi connectivity index (χ1v) is 9.34. The molecule has 1 aromatic heterocycles. The number of aromatic amines is 1. The highest BCUT2D eigenvalue weighted by Gasteiger charge is 2.29. The van der Waals surface area contributed by atoms with Gasteiger partial charge < -0.3 is 43.2 Å². The van der Waals surface area contributed by atoms with Gasteiger partial charge in [0.2, 0.25) is 29.5 Å².